The van der Waals surface area contributed by atoms with E-state index >= 15 is 0 Å². The lowest BCUT2D eigenvalue weighted by Crippen LogP contribution is -1.95. The molecule has 0 radical (unpaired) electrons. The van der Waals surface area contributed by atoms with Crippen LogP contribution in [0.15, 0.2) is 23.2 Å². The lowest BCUT2D eigenvalue weighted by atomic mass is 10.2. The summed E-state index contributed by atoms with van der Waals surface area (Å²) in [6.45, 7) is 2.40. The van der Waals surface area contributed by atoms with Gasteiger partial charge in [0.05, 0.1) is 12.2 Å². The zero-order valence-corrected chi connectivity index (χ0v) is 8.84. The third-order valence-electron chi connectivity index (χ3n) is 1.54. The van der Waals surface area contributed by atoms with Gasteiger partial charge in [-0.1, -0.05) is 22.0 Å². The Bertz CT molecular complexity index is 310. The normalized spacial score (nSPS) is 10.7. The molecule has 0 aliphatic carbocycles. The Labute approximate surface area is 85.3 Å². The van der Waals surface area contributed by atoms with Crippen LogP contribution >= 0.6 is 15.9 Å². The third kappa shape index (κ3) is 2.56. The van der Waals surface area contributed by atoms with E-state index in [-0.39, 0.29) is 5.82 Å². The van der Waals surface area contributed by atoms with Gasteiger partial charge >= 0.3 is 0 Å². The molecule has 0 fully saturated rings. The summed E-state index contributed by atoms with van der Waals surface area (Å²) < 4.78 is 18.5. The molecule has 0 unspecified atom stereocenters. The van der Waals surface area contributed by atoms with Crippen LogP contribution in [0.4, 0.5) is 4.39 Å². The highest BCUT2D eigenvalue weighted by Crippen LogP contribution is 2.23. The topological polar surface area (TPSA) is 9.23 Å². The van der Waals surface area contributed by atoms with Crippen LogP contribution < -0.4 is 4.74 Å². The van der Waals surface area contributed by atoms with Crippen molar-refractivity contribution < 1.29 is 9.13 Å². The van der Waals surface area contributed by atoms with E-state index in [4.69, 9.17) is 4.74 Å². The summed E-state index contributed by atoms with van der Waals surface area (Å²) in [4.78, 5) is 1.61. The van der Waals surface area contributed by atoms with Gasteiger partial charge in [-0.3, -0.25) is 0 Å². The summed E-state index contributed by atoms with van der Waals surface area (Å²) in [5, 5.41) is 0. The average molecular weight is 245 g/mol. The number of hydrogen-bond acceptors (Lipinski definition) is 1. The standard InChI is InChI=1S/C10H10BrFO/c1-2-13-10-5-3-4-9(12)8(10)6-7-11/h3-7H,2H2,1H3/b7-6+. The molecule has 0 N–H and O–H groups in total. The van der Waals surface area contributed by atoms with Gasteiger partial charge in [0.15, 0.2) is 0 Å². The van der Waals surface area contributed by atoms with Gasteiger partial charge in [-0.25, -0.2) is 4.39 Å². The fourth-order valence-electron chi connectivity index (χ4n) is 1.02. The van der Waals surface area contributed by atoms with E-state index in [2.05, 4.69) is 15.9 Å². The molecule has 1 aromatic carbocycles. The Morgan fingerprint density at radius 3 is 2.92 bits per heavy atom. The fraction of sp³-hybridized carbons (Fsp3) is 0.200. The summed E-state index contributed by atoms with van der Waals surface area (Å²) in [6.07, 6.45) is 1.63. The first-order valence-electron chi connectivity index (χ1n) is 3.97. The first-order valence-corrected chi connectivity index (χ1v) is 4.89. The first-order chi connectivity index (χ1) is 6.29. The molecular weight excluding hydrogens is 235 g/mol. The zero-order chi connectivity index (χ0) is 9.68. The largest absolute Gasteiger partial charge is 0.493 e. The van der Waals surface area contributed by atoms with Crippen LogP contribution in [0.1, 0.15) is 12.5 Å². The number of hydrogen-bond donors (Lipinski definition) is 0. The van der Waals surface area contributed by atoms with E-state index in [1.165, 1.54) is 6.07 Å². The van der Waals surface area contributed by atoms with Crippen molar-refractivity contribution >= 4 is 22.0 Å². The second kappa shape index (κ2) is 5.02. The minimum Gasteiger partial charge on any atom is -0.493 e. The highest BCUT2D eigenvalue weighted by atomic mass is 79.9. The molecule has 0 bridgehead atoms. The van der Waals surface area contributed by atoms with Gasteiger partial charge in [-0.2, -0.15) is 0 Å². The molecule has 0 saturated heterocycles. The molecule has 1 aromatic rings. The van der Waals surface area contributed by atoms with Crippen molar-refractivity contribution in [3.63, 3.8) is 0 Å². The third-order valence-corrected chi connectivity index (χ3v) is 1.81. The van der Waals surface area contributed by atoms with Crippen LogP contribution in [0.5, 0.6) is 5.75 Å². The molecule has 0 amide bonds. The molecule has 0 saturated carbocycles. The van der Waals surface area contributed by atoms with Gasteiger partial charge in [-0.15, -0.1) is 0 Å². The summed E-state index contributed by atoms with van der Waals surface area (Å²) in [5.74, 6) is 0.292. The maximum absolute atomic E-state index is 13.2. The molecule has 1 nitrogen and oxygen atoms in total. The molecule has 0 atom stereocenters. The Kier molecular flexibility index (Phi) is 3.96. The number of halogens is 2. The van der Waals surface area contributed by atoms with Crippen molar-refractivity contribution in [2.24, 2.45) is 0 Å². The van der Waals surface area contributed by atoms with Gasteiger partial charge in [0.25, 0.3) is 0 Å². The van der Waals surface area contributed by atoms with Gasteiger partial charge < -0.3 is 4.74 Å². The van der Waals surface area contributed by atoms with Crippen LogP contribution in [0, 0.1) is 5.82 Å². The summed E-state index contributed by atoms with van der Waals surface area (Å²) in [5.41, 5.74) is 0.473. The minimum atomic E-state index is -0.276. The zero-order valence-electron chi connectivity index (χ0n) is 7.26. The minimum absolute atomic E-state index is 0.276. The summed E-state index contributed by atoms with van der Waals surface area (Å²) in [6, 6.07) is 4.78. The van der Waals surface area contributed by atoms with E-state index in [1.807, 2.05) is 6.92 Å². The quantitative estimate of drug-likeness (QED) is 0.790. The molecule has 0 aromatic heterocycles. The Morgan fingerprint density at radius 2 is 2.31 bits per heavy atom. The average Bonchev–Trinajstić information content (AvgIpc) is 2.11. The first kappa shape index (κ1) is 10.3. The molecule has 1 rings (SSSR count). The van der Waals surface area contributed by atoms with Crippen molar-refractivity contribution in [1.29, 1.82) is 0 Å². The summed E-state index contributed by atoms with van der Waals surface area (Å²) in [7, 11) is 0. The monoisotopic (exact) mass is 244 g/mol. The molecule has 0 heterocycles. The molecule has 70 valence electrons. The maximum Gasteiger partial charge on any atom is 0.134 e. The van der Waals surface area contributed by atoms with E-state index < -0.39 is 0 Å². The van der Waals surface area contributed by atoms with Crippen LogP contribution in [0.2, 0.25) is 0 Å². The predicted octanol–water partition coefficient (Wildman–Crippen LogP) is 3.59. The Balaban J connectivity index is 3.09. The lowest BCUT2D eigenvalue weighted by Gasteiger charge is -2.06. The molecular formula is C10H10BrFO. The fourth-order valence-corrected chi connectivity index (χ4v) is 1.29. The second-order valence-corrected chi connectivity index (χ2v) is 2.91. The molecule has 0 aliphatic heterocycles. The lowest BCUT2D eigenvalue weighted by molar-refractivity contribution is 0.337. The van der Waals surface area contributed by atoms with Crippen molar-refractivity contribution in [2.75, 3.05) is 6.61 Å². The Hall–Kier alpha value is -0.830. The van der Waals surface area contributed by atoms with Crippen molar-refractivity contribution in [3.8, 4) is 5.75 Å². The van der Waals surface area contributed by atoms with E-state index in [0.29, 0.717) is 17.9 Å². The highest BCUT2D eigenvalue weighted by Gasteiger charge is 2.04. The number of benzene rings is 1. The summed E-state index contributed by atoms with van der Waals surface area (Å²) >= 11 is 3.10. The van der Waals surface area contributed by atoms with E-state index in [1.54, 1.807) is 23.2 Å². The van der Waals surface area contributed by atoms with Crippen molar-refractivity contribution in [3.05, 3.63) is 34.6 Å². The number of ether oxygens (including phenoxy) is 1. The van der Waals surface area contributed by atoms with Crippen LogP contribution in [-0.4, -0.2) is 6.61 Å². The van der Waals surface area contributed by atoms with Gasteiger partial charge in [-0.05, 0) is 30.1 Å². The van der Waals surface area contributed by atoms with Crippen LogP contribution in [-0.2, 0) is 0 Å². The van der Waals surface area contributed by atoms with Crippen molar-refractivity contribution in [2.45, 2.75) is 6.92 Å². The van der Waals surface area contributed by atoms with E-state index in [9.17, 15) is 4.39 Å². The highest BCUT2D eigenvalue weighted by molar-refractivity contribution is 9.11. The number of rotatable bonds is 3. The molecule has 3 heteroatoms. The SMILES string of the molecule is CCOc1cccc(F)c1/C=C/Br. The molecule has 0 spiro atoms. The van der Waals surface area contributed by atoms with E-state index in [0.717, 1.165) is 0 Å². The maximum atomic E-state index is 13.2. The predicted molar refractivity (Wildman–Crippen MR) is 55.5 cm³/mol. The Morgan fingerprint density at radius 1 is 1.54 bits per heavy atom. The van der Waals surface area contributed by atoms with Crippen LogP contribution in [0.3, 0.4) is 0 Å². The van der Waals surface area contributed by atoms with Gasteiger partial charge in [0.1, 0.15) is 11.6 Å². The van der Waals surface area contributed by atoms with Gasteiger partial charge in [0, 0.05) is 0 Å². The van der Waals surface area contributed by atoms with Gasteiger partial charge in [0.2, 0.25) is 0 Å². The smallest absolute Gasteiger partial charge is 0.134 e. The van der Waals surface area contributed by atoms with Crippen LogP contribution in [0.25, 0.3) is 6.08 Å². The second-order valence-electron chi connectivity index (χ2n) is 2.38. The molecule has 13 heavy (non-hydrogen) atoms. The van der Waals surface area contributed by atoms with Crippen molar-refractivity contribution in [1.82, 2.24) is 0 Å². The molecule has 0 aliphatic rings.